The van der Waals surface area contributed by atoms with Gasteiger partial charge in [-0.15, -0.1) is 0 Å². The van der Waals surface area contributed by atoms with Crippen molar-refractivity contribution in [2.75, 3.05) is 0 Å². The summed E-state index contributed by atoms with van der Waals surface area (Å²) >= 11 is 0. The van der Waals surface area contributed by atoms with Crippen molar-refractivity contribution >= 4 is 0 Å². The summed E-state index contributed by atoms with van der Waals surface area (Å²) in [6.45, 7) is 11.3. The highest BCUT2D eigenvalue weighted by atomic mass is 15.0. The van der Waals surface area contributed by atoms with Gasteiger partial charge in [-0.05, 0) is 33.6 Å². The molecule has 1 heteroatoms. The minimum Gasteiger partial charge on any atom is -0.309 e. The molecule has 0 aliphatic carbocycles. The SMILES string of the molecule is CCCCC(CCC)NC(C)(C)C. The molecular formula is C12H27N. The van der Waals surface area contributed by atoms with Gasteiger partial charge in [-0.2, -0.15) is 0 Å². The van der Waals surface area contributed by atoms with Gasteiger partial charge in [0.2, 0.25) is 0 Å². The summed E-state index contributed by atoms with van der Waals surface area (Å²) in [4.78, 5) is 0. The molecule has 0 saturated heterocycles. The molecule has 1 nitrogen and oxygen atoms in total. The fourth-order valence-electron chi connectivity index (χ4n) is 1.70. The third kappa shape index (κ3) is 8.29. The topological polar surface area (TPSA) is 12.0 Å². The molecule has 0 aromatic heterocycles. The summed E-state index contributed by atoms with van der Waals surface area (Å²) in [6.07, 6.45) is 6.61. The third-order valence-electron chi connectivity index (χ3n) is 2.18. The average Bonchev–Trinajstić information content (AvgIpc) is 1.98. The maximum absolute atomic E-state index is 3.69. The lowest BCUT2D eigenvalue weighted by atomic mass is 10.0. The standard InChI is InChI=1S/C12H27N/c1-6-8-10-11(9-7-2)13-12(3,4)5/h11,13H,6-10H2,1-5H3. The highest BCUT2D eigenvalue weighted by molar-refractivity contribution is 4.77. The van der Waals surface area contributed by atoms with Crippen LogP contribution in [0.5, 0.6) is 0 Å². The first-order chi connectivity index (χ1) is 5.99. The van der Waals surface area contributed by atoms with Gasteiger partial charge < -0.3 is 5.32 Å². The smallest absolute Gasteiger partial charge is 0.00990 e. The van der Waals surface area contributed by atoms with Crippen molar-refractivity contribution in [1.29, 1.82) is 0 Å². The monoisotopic (exact) mass is 185 g/mol. The van der Waals surface area contributed by atoms with Crippen LogP contribution in [0.3, 0.4) is 0 Å². The lowest BCUT2D eigenvalue weighted by Gasteiger charge is -2.28. The molecule has 80 valence electrons. The van der Waals surface area contributed by atoms with Crippen molar-refractivity contribution < 1.29 is 0 Å². The molecule has 0 radical (unpaired) electrons. The second-order valence-electron chi connectivity index (χ2n) is 5.02. The zero-order valence-corrected chi connectivity index (χ0v) is 10.1. The molecule has 1 unspecified atom stereocenters. The minimum absolute atomic E-state index is 0.271. The van der Waals surface area contributed by atoms with Crippen LogP contribution in [-0.2, 0) is 0 Å². The Kier molecular flexibility index (Phi) is 6.40. The van der Waals surface area contributed by atoms with E-state index in [2.05, 4.69) is 39.9 Å². The maximum Gasteiger partial charge on any atom is 0.00990 e. The second-order valence-corrected chi connectivity index (χ2v) is 5.02. The van der Waals surface area contributed by atoms with Crippen molar-refractivity contribution in [1.82, 2.24) is 5.32 Å². The van der Waals surface area contributed by atoms with E-state index in [0.717, 1.165) is 6.04 Å². The Morgan fingerprint density at radius 1 is 1.00 bits per heavy atom. The van der Waals surface area contributed by atoms with Crippen LogP contribution in [-0.4, -0.2) is 11.6 Å². The number of nitrogens with one attached hydrogen (secondary N) is 1. The Labute approximate surface area is 84.3 Å². The molecular weight excluding hydrogens is 158 g/mol. The Morgan fingerprint density at radius 3 is 2.00 bits per heavy atom. The van der Waals surface area contributed by atoms with Crippen LogP contribution in [0, 0.1) is 0 Å². The average molecular weight is 185 g/mol. The Morgan fingerprint density at radius 2 is 1.62 bits per heavy atom. The molecule has 1 N–H and O–H groups in total. The largest absolute Gasteiger partial charge is 0.309 e. The molecule has 0 aromatic rings. The quantitative estimate of drug-likeness (QED) is 0.665. The normalized spacial score (nSPS) is 14.5. The lowest BCUT2D eigenvalue weighted by molar-refractivity contribution is 0.325. The lowest BCUT2D eigenvalue weighted by Crippen LogP contribution is -2.43. The number of hydrogen-bond acceptors (Lipinski definition) is 1. The van der Waals surface area contributed by atoms with Gasteiger partial charge in [0.05, 0.1) is 0 Å². The van der Waals surface area contributed by atoms with Gasteiger partial charge in [0.15, 0.2) is 0 Å². The van der Waals surface area contributed by atoms with Crippen LogP contribution in [0.2, 0.25) is 0 Å². The van der Waals surface area contributed by atoms with E-state index in [-0.39, 0.29) is 5.54 Å². The van der Waals surface area contributed by atoms with Gasteiger partial charge in [-0.3, -0.25) is 0 Å². The number of hydrogen-bond donors (Lipinski definition) is 1. The van der Waals surface area contributed by atoms with E-state index in [4.69, 9.17) is 0 Å². The van der Waals surface area contributed by atoms with E-state index in [1.807, 2.05) is 0 Å². The van der Waals surface area contributed by atoms with Crippen molar-refractivity contribution in [2.45, 2.75) is 78.3 Å². The first-order valence-corrected chi connectivity index (χ1v) is 5.77. The molecule has 0 heterocycles. The summed E-state index contributed by atoms with van der Waals surface area (Å²) in [7, 11) is 0. The molecule has 0 bridgehead atoms. The Hall–Kier alpha value is -0.0400. The maximum atomic E-state index is 3.69. The zero-order valence-electron chi connectivity index (χ0n) is 10.1. The number of rotatable bonds is 6. The molecule has 0 saturated carbocycles. The van der Waals surface area contributed by atoms with Crippen molar-refractivity contribution in [2.24, 2.45) is 0 Å². The van der Waals surface area contributed by atoms with E-state index < -0.39 is 0 Å². The highest BCUT2D eigenvalue weighted by Crippen LogP contribution is 2.11. The van der Waals surface area contributed by atoms with Crippen molar-refractivity contribution in [3.05, 3.63) is 0 Å². The molecule has 1 atom stereocenters. The third-order valence-corrected chi connectivity index (χ3v) is 2.18. The van der Waals surface area contributed by atoms with Crippen LogP contribution in [0.25, 0.3) is 0 Å². The van der Waals surface area contributed by atoms with Crippen LogP contribution in [0.4, 0.5) is 0 Å². The fourth-order valence-corrected chi connectivity index (χ4v) is 1.70. The van der Waals surface area contributed by atoms with Gasteiger partial charge in [0.25, 0.3) is 0 Å². The molecule has 0 aromatic carbocycles. The van der Waals surface area contributed by atoms with E-state index in [0.29, 0.717) is 0 Å². The van der Waals surface area contributed by atoms with Gasteiger partial charge in [0.1, 0.15) is 0 Å². The summed E-state index contributed by atoms with van der Waals surface area (Å²) < 4.78 is 0. The van der Waals surface area contributed by atoms with Gasteiger partial charge in [0, 0.05) is 11.6 Å². The van der Waals surface area contributed by atoms with Crippen molar-refractivity contribution in [3.8, 4) is 0 Å². The predicted octanol–water partition coefficient (Wildman–Crippen LogP) is 3.73. The molecule has 0 spiro atoms. The molecule has 0 amide bonds. The summed E-state index contributed by atoms with van der Waals surface area (Å²) in [5, 5.41) is 3.69. The van der Waals surface area contributed by atoms with E-state index in [1.165, 1.54) is 32.1 Å². The summed E-state index contributed by atoms with van der Waals surface area (Å²) in [5.41, 5.74) is 0.271. The predicted molar refractivity (Wildman–Crippen MR) is 61.1 cm³/mol. The van der Waals surface area contributed by atoms with Gasteiger partial charge >= 0.3 is 0 Å². The molecule has 13 heavy (non-hydrogen) atoms. The summed E-state index contributed by atoms with van der Waals surface area (Å²) in [6, 6.07) is 0.727. The summed E-state index contributed by atoms with van der Waals surface area (Å²) in [5.74, 6) is 0. The zero-order chi connectivity index (χ0) is 10.3. The first kappa shape index (κ1) is 13.0. The fraction of sp³-hybridized carbons (Fsp3) is 1.00. The van der Waals surface area contributed by atoms with Crippen LogP contribution >= 0.6 is 0 Å². The van der Waals surface area contributed by atoms with Crippen LogP contribution < -0.4 is 5.32 Å². The first-order valence-electron chi connectivity index (χ1n) is 5.77. The molecule has 0 rings (SSSR count). The van der Waals surface area contributed by atoms with Gasteiger partial charge in [-0.1, -0.05) is 33.1 Å². The van der Waals surface area contributed by atoms with E-state index >= 15 is 0 Å². The second kappa shape index (κ2) is 6.42. The van der Waals surface area contributed by atoms with Gasteiger partial charge in [-0.25, -0.2) is 0 Å². The van der Waals surface area contributed by atoms with Crippen molar-refractivity contribution in [3.63, 3.8) is 0 Å². The van der Waals surface area contributed by atoms with Crippen LogP contribution in [0.1, 0.15) is 66.7 Å². The molecule has 0 aliphatic heterocycles. The van der Waals surface area contributed by atoms with E-state index in [9.17, 15) is 0 Å². The van der Waals surface area contributed by atoms with E-state index in [1.54, 1.807) is 0 Å². The molecule has 0 fully saturated rings. The van der Waals surface area contributed by atoms with Crippen LogP contribution in [0.15, 0.2) is 0 Å². The minimum atomic E-state index is 0.271. The Balaban J connectivity index is 3.79. The Bertz CT molecular complexity index is 113. The highest BCUT2D eigenvalue weighted by Gasteiger charge is 2.15. The number of unbranched alkanes of at least 4 members (excludes halogenated alkanes) is 1. The molecule has 0 aliphatic rings.